The third kappa shape index (κ3) is 2.77. The number of aromatic nitrogens is 2. The number of amides is 1. The molecule has 152 valence electrons. The van der Waals surface area contributed by atoms with Crippen molar-refractivity contribution in [3.05, 3.63) is 71.3 Å². The second-order valence-electron chi connectivity index (χ2n) is 7.52. The molecule has 2 aromatic carbocycles. The molecule has 1 amide bonds. The van der Waals surface area contributed by atoms with E-state index in [4.69, 9.17) is 4.74 Å². The molecule has 7 nitrogen and oxygen atoms in total. The summed E-state index contributed by atoms with van der Waals surface area (Å²) in [5.41, 5.74) is 5.69. The summed E-state index contributed by atoms with van der Waals surface area (Å²) in [5.74, 6) is -0.557. The van der Waals surface area contributed by atoms with Gasteiger partial charge in [0.15, 0.2) is 5.69 Å². The van der Waals surface area contributed by atoms with E-state index in [9.17, 15) is 9.59 Å². The van der Waals surface area contributed by atoms with E-state index >= 15 is 0 Å². The summed E-state index contributed by atoms with van der Waals surface area (Å²) in [4.78, 5) is 33.7. The van der Waals surface area contributed by atoms with E-state index in [1.54, 1.807) is 25.2 Å². The molecular formula is C23H22N4O3. The summed E-state index contributed by atoms with van der Waals surface area (Å²) in [7, 11) is 1.74. The van der Waals surface area contributed by atoms with Gasteiger partial charge in [0.05, 0.1) is 30.1 Å². The standard InChI is InChI=1S/C23H22N4O3/c1-3-30-23(29)21-20-13-25(2)22(28)17-12-16(8-9-19(17)27(20)14-24-21)26-11-10-15-6-4-5-7-18(15)26/h4-9,12,14H,3,10-11,13H2,1-2H3. The molecule has 0 fully saturated rings. The number of carbonyl (C=O) groups is 2. The van der Waals surface area contributed by atoms with Gasteiger partial charge in [-0.15, -0.1) is 0 Å². The molecule has 0 radical (unpaired) electrons. The van der Waals surface area contributed by atoms with E-state index in [2.05, 4.69) is 28.1 Å². The highest BCUT2D eigenvalue weighted by molar-refractivity contribution is 6.00. The van der Waals surface area contributed by atoms with Gasteiger partial charge in [-0.25, -0.2) is 9.78 Å². The molecule has 0 bridgehead atoms. The summed E-state index contributed by atoms with van der Waals surface area (Å²) in [6.07, 6.45) is 2.58. The summed E-state index contributed by atoms with van der Waals surface area (Å²) in [6.45, 7) is 3.20. The van der Waals surface area contributed by atoms with Gasteiger partial charge < -0.3 is 14.5 Å². The highest BCUT2D eigenvalue weighted by atomic mass is 16.5. The van der Waals surface area contributed by atoms with E-state index in [1.165, 1.54) is 11.3 Å². The molecule has 2 aliphatic heterocycles. The summed E-state index contributed by atoms with van der Waals surface area (Å²) in [6, 6.07) is 14.2. The number of hydrogen-bond donors (Lipinski definition) is 0. The SMILES string of the molecule is CCOC(=O)c1ncn2c1CN(C)C(=O)c1cc(N3CCc4ccccc43)ccc1-2. The van der Waals surface area contributed by atoms with Crippen molar-refractivity contribution in [3.8, 4) is 5.69 Å². The molecule has 3 heterocycles. The third-order valence-corrected chi connectivity index (χ3v) is 5.74. The van der Waals surface area contributed by atoms with Gasteiger partial charge in [-0.05, 0) is 43.2 Å². The first kappa shape index (κ1) is 18.4. The lowest BCUT2D eigenvalue weighted by molar-refractivity contribution is 0.0516. The van der Waals surface area contributed by atoms with Crippen molar-refractivity contribution in [1.82, 2.24) is 14.5 Å². The largest absolute Gasteiger partial charge is 0.461 e. The molecule has 30 heavy (non-hydrogen) atoms. The lowest BCUT2D eigenvalue weighted by Gasteiger charge is -2.21. The minimum Gasteiger partial charge on any atom is -0.461 e. The molecule has 0 aliphatic carbocycles. The number of ether oxygens (including phenoxy) is 1. The number of nitrogens with zero attached hydrogens (tertiary/aromatic N) is 4. The number of fused-ring (bicyclic) bond motifs is 4. The van der Waals surface area contributed by atoms with Crippen LogP contribution in [0.2, 0.25) is 0 Å². The van der Waals surface area contributed by atoms with Crippen LogP contribution in [-0.2, 0) is 17.7 Å². The Balaban J connectivity index is 1.61. The van der Waals surface area contributed by atoms with Crippen LogP contribution < -0.4 is 4.90 Å². The van der Waals surface area contributed by atoms with Gasteiger partial charge in [0.1, 0.15) is 6.33 Å². The first-order valence-electron chi connectivity index (χ1n) is 10.1. The monoisotopic (exact) mass is 402 g/mol. The van der Waals surface area contributed by atoms with Crippen molar-refractivity contribution in [2.45, 2.75) is 19.9 Å². The summed E-state index contributed by atoms with van der Waals surface area (Å²) < 4.78 is 6.96. The van der Waals surface area contributed by atoms with Gasteiger partial charge in [0, 0.05) is 25.0 Å². The van der Waals surface area contributed by atoms with Crippen molar-refractivity contribution < 1.29 is 14.3 Å². The number of esters is 1. The molecule has 0 spiro atoms. The van der Waals surface area contributed by atoms with Crippen LogP contribution in [0.15, 0.2) is 48.8 Å². The van der Waals surface area contributed by atoms with E-state index < -0.39 is 5.97 Å². The maximum Gasteiger partial charge on any atom is 0.358 e. The Labute approximate surface area is 174 Å². The second-order valence-corrected chi connectivity index (χ2v) is 7.52. The number of rotatable bonds is 3. The Hall–Kier alpha value is -3.61. The summed E-state index contributed by atoms with van der Waals surface area (Å²) in [5, 5.41) is 0. The number of para-hydroxylation sites is 1. The number of carbonyl (C=O) groups excluding carboxylic acids is 2. The molecular weight excluding hydrogens is 380 g/mol. The Morgan fingerprint density at radius 1 is 1.17 bits per heavy atom. The highest BCUT2D eigenvalue weighted by Gasteiger charge is 2.30. The molecule has 0 saturated carbocycles. The molecule has 7 heteroatoms. The van der Waals surface area contributed by atoms with E-state index in [1.807, 2.05) is 28.8 Å². The Bertz CT molecular complexity index is 1170. The average molecular weight is 402 g/mol. The number of imidazole rings is 1. The van der Waals surface area contributed by atoms with Gasteiger partial charge in [-0.1, -0.05) is 18.2 Å². The van der Waals surface area contributed by atoms with Crippen LogP contribution in [0, 0.1) is 0 Å². The fraction of sp³-hybridized carbons (Fsp3) is 0.261. The van der Waals surface area contributed by atoms with Crippen molar-refractivity contribution >= 4 is 23.3 Å². The van der Waals surface area contributed by atoms with E-state index in [0.717, 1.165) is 24.3 Å². The zero-order valence-corrected chi connectivity index (χ0v) is 17.0. The molecule has 0 unspecified atom stereocenters. The van der Waals surface area contributed by atoms with Crippen molar-refractivity contribution in [1.29, 1.82) is 0 Å². The Morgan fingerprint density at radius 2 is 2.00 bits per heavy atom. The predicted octanol–water partition coefficient (Wildman–Crippen LogP) is 3.33. The van der Waals surface area contributed by atoms with Gasteiger partial charge in [-0.2, -0.15) is 0 Å². The summed E-state index contributed by atoms with van der Waals surface area (Å²) >= 11 is 0. The zero-order chi connectivity index (χ0) is 20.8. The van der Waals surface area contributed by atoms with Crippen LogP contribution >= 0.6 is 0 Å². The topological polar surface area (TPSA) is 67.7 Å². The van der Waals surface area contributed by atoms with E-state index in [-0.39, 0.29) is 24.8 Å². The molecule has 3 aromatic rings. The Kier molecular flexibility index (Phi) is 4.31. The van der Waals surface area contributed by atoms with Crippen molar-refractivity contribution in [2.24, 2.45) is 0 Å². The Morgan fingerprint density at radius 3 is 2.83 bits per heavy atom. The quantitative estimate of drug-likeness (QED) is 0.629. The van der Waals surface area contributed by atoms with Crippen LogP contribution in [-0.4, -0.2) is 46.5 Å². The predicted molar refractivity (Wildman–Crippen MR) is 112 cm³/mol. The minimum absolute atomic E-state index is 0.0853. The lowest BCUT2D eigenvalue weighted by atomic mass is 10.1. The first-order chi connectivity index (χ1) is 14.6. The van der Waals surface area contributed by atoms with Gasteiger partial charge in [-0.3, -0.25) is 9.36 Å². The van der Waals surface area contributed by atoms with Crippen molar-refractivity contribution in [3.63, 3.8) is 0 Å². The molecule has 5 rings (SSSR count). The average Bonchev–Trinajstić information content (AvgIpc) is 3.35. The fourth-order valence-corrected chi connectivity index (χ4v) is 4.28. The molecule has 0 atom stereocenters. The van der Waals surface area contributed by atoms with Crippen LogP contribution in [0.1, 0.15) is 39.0 Å². The number of anilines is 2. The first-order valence-corrected chi connectivity index (χ1v) is 10.1. The van der Waals surface area contributed by atoms with Crippen LogP contribution in [0.25, 0.3) is 5.69 Å². The smallest absolute Gasteiger partial charge is 0.358 e. The molecule has 0 N–H and O–H groups in total. The number of hydrogen-bond acceptors (Lipinski definition) is 5. The third-order valence-electron chi connectivity index (χ3n) is 5.74. The minimum atomic E-state index is -0.471. The fourth-order valence-electron chi connectivity index (χ4n) is 4.28. The zero-order valence-electron chi connectivity index (χ0n) is 17.0. The van der Waals surface area contributed by atoms with Crippen LogP contribution in [0.3, 0.4) is 0 Å². The van der Waals surface area contributed by atoms with E-state index in [0.29, 0.717) is 11.3 Å². The van der Waals surface area contributed by atoms with Crippen LogP contribution in [0.5, 0.6) is 0 Å². The second kappa shape index (κ2) is 7.02. The maximum atomic E-state index is 13.2. The molecule has 1 aromatic heterocycles. The van der Waals surface area contributed by atoms with Crippen molar-refractivity contribution in [2.75, 3.05) is 25.1 Å². The number of benzene rings is 2. The lowest BCUT2D eigenvalue weighted by Crippen LogP contribution is -2.26. The van der Waals surface area contributed by atoms with Gasteiger partial charge in [0.2, 0.25) is 0 Å². The normalized spacial score (nSPS) is 14.8. The molecule has 0 saturated heterocycles. The van der Waals surface area contributed by atoms with Gasteiger partial charge in [0.25, 0.3) is 5.91 Å². The maximum absolute atomic E-state index is 13.2. The molecule has 2 aliphatic rings. The van der Waals surface area contributed by atoms with Crippen LogP contribution in [0.4, 0.5) is 11.4 Å². The van der Waals surface area contributed by atoms with Gasteiger partial charge >= 0.3 is 5.97 Å². The highest BCUT2D eigenvalue weighted by Crippen LogP contribution is 2.36.